The van der Waals surface area contributed by atoms with E-state index in [2.05, 4.69) is 4.84 Å². The Morgan fingerprint density at radius 3 is 2.44 bits per heavy atom. The second kappa shape index (κ2) is 5.87. The maximum atomic E-state index is 11.7. The number of benzene rings is 1. The summed E-state index contributed by atoms with van der Waals surface area (Å²) in [5.41, 5.74) is 2.68. The van der Waals surface area contributed by atoms with Crippen molar-refractivity contribution >= 4 is 17.5 Å². The van der Waals surface area contributed by atoms with Crippen LogP contribution in [0.25, 0.3) is 0 Å². The fourth-order valence-corrected chi connectivity index (χ4v) is 1.31. The molecule has 0 radical (unpaired) electrons. The molecule has 0 aromatic heterocycles. The topological polar surface area (TPSA) is 58.6 Å². The highest BCUT2D eigenvalue weighted by Crippen LogP contribution is 2.12. The molecule has 0 aliphatic heterocycles. The van der Waals surface area contributed by atoms with Crippen LogP contribution in [0.1, 0.15) is 6.92 Å². The van der Waals surface area contributed by atoms with Gasteiger partial charge in [0, 0.05) is 12.2 Å². The van der Waals surface area contributed by atoms with Gasteiger partial charge in [-0.05, 0) is 19.1 Å². The summed E-state index contributed by atoms with van der Waals surface area (Å²) < 4.78 is 0. The van der Waals surface area contributed by atoms with Crippen LogP contribution in [0.15, 0.2) is 30.3 Å². The molecule has 0 saturated heterocycles. The van der Waals surface area contributed by atoms with Gasteiger partial charge in [-0.2, -0.15) is 0 Å². The second-order valence-electron chi connectivity index (χ2n) is 3.02. The van der Waals surface area contributed by atoms with Crippen molar-refractivity contribution in [1.82, 2.24) is 5.48 Å². The van der Waals surface area contributed by atoms with Crippen molar-refractivity contribution in [3.63, 3.8) is 0 Å². The van der Waals surface area contributed by atoms with Gasteiger partial charge in [-0.25, -0.2) is 5.48 Å². The van der Waals surface area contributed by atoms with E-state index in [1.54, 1.807) is 31.2 Å². The zero-order valence-electron chi connectivity index (χ0n) is 9.27. The average molecular weight is 222 g/mol. The largest absolute Gasteiger partial charge is 0.333 e. The Kier molecular flexibility index (Phi) is 4.47. The lowest BCUT2D eigenvalue weighted by Gasteiger charge is -2.19. The highest BCUT2D eigenvalue weighted by molar-refractivity contribution is 6.40. The van der Waals surface area contributed by atoms with Gasteiger partial charge in [-0.1, -0.05) is 18.2 Å². The third-order valence-corrected chi connectivity index (χ3v) is 2.02. The van der Waals surface area contributed by atoms with E-state index in [1.165, 1.54) is 12.0 Å². The van der Waals surface area contributed by atoms with Crippen molar-refractivity contribution in [2.75, 3.05) is 18.6 Å². The van der Waals surface area contributed by atoms with E-state index in [9.17, 15) is 9.59 Å². The monoisotopic (exact) mass is 222 g/mol. The predicted molar refractivity (Wildman–Crippen MR) is 59.6 cm³/mol. The van der Waals surface area contributed by atoms with Gasteiger partial charge in [0.25, 0.3) is 0 Å². The Morgan fingerprint density at radius 2 is 1.94 bits per heavy atom. The van der Waals surface area contributed by atoms with Crippen molar-refractivity contribution in [3.8, 4) is 0 Å². The summed E-state index contributed by atoms with van der Waals surface area (Å²) in [6, 6.07) is 8.99. The number of amides is 2. The van der Waals surface area contributed by atoms with Gasteiger partial charge in [-0.3, -0.25) is 14.4 Å². The van der Waals surface area contributed by atoms with Crippen molar-refractivity contribution in [2.45, 2.75) is 6.92 Å². The lowest BCUT2D eigenvalue weighted by molar-refractivity contribution is -0.144. The van der Waals surface area contributed by atoms with Crippen LogP contribution >= 0.6 is 0 Å². The highest BCUT2D eigenvalue weighted by Gasteiger charge is 2.21. The van der Waals surface area contributed by atoms with Crippen LogP contribution in [0.4, 0.5) is 5.69 Å². The Labute approximate surface area is 94.0 Å². The van der Waals surface area contributed by atoms with Crippen molar-refractivity contribution < 1.29 is 14.4 Å². The summed E-state index contributed by atoms with van der Waals surface area (Å²) >= 11 is 0. The minimum absolute atomic E-state index is 0.417. The number of carbonyl (C=O) groups excluding carboxylic acids is 2. The van der Waals surface area contributed by atoms with E-state index in [0.717, 1.165) is 0 Å². The van der Waals surface area contributed by atoms with Crippen molar-refractivity contribution in [3.05, 3.63) is 30.3 Å². The van der Waals surface area contributed by atoms with Gasteiger partial charge in [0.15, 0.2) is 0 Å². The van der Waals surface area contributed by atoms with Crippen LogP contribution in [0.5, 0.6) is 0 Å². The van der Waals surface area contributed by atoms with Gasteiger partial charge in [-0.15, -0.1) is 0 Å². The average Bonchev–Trinajstić information content (AvgIpc) is 2.31. The molecule has 0 atom stereocenters. The highest BCUT2D eigenvalue weighted by atomic mass is 16.6. The minimum atomic E-state index is -0.784. The van der Waals surface area contributed by atoms with E-state index in [-0.39, 0.29) is 0 Å². The number of anilines is 1. The molecule has 0 fully saturated rings. The zero-order valence-corrected chi connectivity index (χ0v) is 9.27. The van der Waals surface area contributed by atoms with Crippen LogP contribution < -0.4 is 10.4 Å². The molecule has 1 rings (SSSR count). The Balaban J connectivity index is 2.83. The summed E-state index contributed by atoms with van der Waals surface area (Å²) in [6.07, 6.45) is 0. The maximum absolute atomic E-state index is 11.7. The standard InChI is InChI=1S/C11H14N2O3/c1-3-13(9-7-5-4-6-8-9)11(15)10(14)12-16-2/h4-8H,3H2,1-2H3,(H,12,14). The molecule has 86 valence electrons. The SMILES string of the molecule is CCN(C(=O)C(=O)NOC)c1ccccc1. The number of nitrogens with one attached hydrogen (secondary N) is 1. The van der Waals surface area contributed by atoms with E-state index < -0.39 is 11.8 Å². The van der Waals surface area contributed by atoms with Gasteiger partial charge >= 0.3 is 11.8 Å². The first kappa shape index (κ1) is 12.2. The maximum Gasteiger partial charge on any atom is 0.333 e. The molecule has 0 heterocycles. The first-order valence-corrected chi connectivity index (χ1v) is 4.90. The van der Waals surface area contributed by atoms with Crippen LogP contribution in [-0.4, -0.2) is 25.5 Å². The van der Waals surface area contributed by atoms with Gasteiger partial charge in [0.1, 0.15) is 0 Å². The summed E-state index contributed by atoms with van der Waals surface area (Å²) in [5.74, 6) is -1.43. The number of rotatable bonds is 3. The molecule has 5 nitrogen and oxygen atoms in total. The van der Waals surface area contributed by atoms with Crippen molar-refractivity contribution in [1.29, 1.82) is 0 Å². The van der Waals surface area contributed by atoms with E-state index in [1.807, 2.05) is 11.5 Å². The molecule has 0 aliphatic rings. The Bertz CT molecular complexity index is 365. The molecule has 0 saturated carbocycles. The molecule has 1 aromatic rings. The number of carbonyl (C=O) groups is 2. The third-order valence-electron chi connectivity index (χ3n) is 2.02. The van der Waals surface area contributed by atoms with Gasteiger partial charge in [0.05, 0.1) is 7.11 Å². The molecule has 1 aromatic carbocycles. The first-order chi connectivity index (χ1) is 7.70. The normalized spacial score (nSPS) is 9.62. The molecular formula is C11H14N2O3. The van der Waals surface area contributed by atoms with Crippen LogP contribution in [0.3, 0.4) is 0 Å². The number of likely N-dealkylation sites (N-methyl/N-ethyl adjacent to an activating group) is 1. The fourth-order valence-electron chi connectivity index (χ4n) is 1.31. The van der Waals surface area contributed by atoms with Crippen LogP contribution in [0, 0.1) is 0 Å². The molecular weight excluding hydrogens is 208 g/mol. The molecule has 0 unspecified atom stereocenters. The zero-order chi connectivity index (χ0) is 12.0. The second-order valence-corrected chi connectivity index (χ2v) is 3.02. The number of hydrogen-bond donors (Lipinski definition) is 1. The molecule has 0 spiro atoms. The molecule has 1 N–H and O–H groups in total. The van der Waals surface area contributed by atoms with Crippen LogP contribution in [0.2, 0.25) is 0 Å². The summed E-state index contributed by atoms with van der Waals surface area (Å²) in [6.45, 7) is 2.21. The molecule has 0 bridgehead atoms. The summed E-state index contributed by atoms with van der Waals surface area (Å²) in [7, 11) is 1.28. The lowest BCUT2D eigenvalue weighted by atomic mass is 10.3. The van der Waals surface area contributed by atoms with Gasteiger partial charge in [0.2, 0.25) is 0 Å². The minimum Gasteiger partial charge on any atom is -0.304 e. The first-order valence-electron chi connectivity index (χ1n) is 4.90. The van der Waals surface area contributed by atoms with E-state index in [4.69, 9.17) is 0 Å². The predicted octanol–water partition coefficient (Wildman–Crippen LogP) is 0.717. The van der Waals surface area contributed by atoms with E-state index >= 15 is 0 Å². The van der Waals surface area contributed by atoms with Crippen LogP contribution in [-0.2, 0) is 14.4 Å². The number of nitrogens with zero attached hydrogens (tertiary/aromatic N) is 1. The van der Waals surface area contributed by atoms with E-state index in [0.29, 0.717) is 12.2 Å². The fraction of sp³-hybridized carbons (Fsp3) is 0.273. The Morgan fingerprint density at radius 1 is 1.31 bits per heavy atom. The van der Waals surface area contributed by atoms with Crippen molar-refractivity contribution in [2.24, 2.45) is 0 Å². The molecule has 2 amide bonds. The smallest absolute Gasteiger partial charge is 0.304 e. The molecule has 16 heavy (non-hydrogen) atoms. The number of hydrogen-bond acceptors (Lipinski definition) is 3. The van der Waals surface area contributed by atoms with Gasteiger partial charge < -0.3 is 4.90 Å². The molecule has 5 heteroatoms. The number of para-hydroxylation sites is 1. The quantitative estimate of drug-likeness (QED) is 0.605. The summed E-state index contributed by atoms with van der Waals surface area (Å²) in [4.78, 5) is 28.8. The lowest BCUT2D eigenvalue weighted by Crippen LogP contribution is -2.42. The molecule has 0 aliphatic carbocycles. The number of hydroxylamine groups is 1. The summed E-state index contributed by atoms with van der Waals surface area (Å²) in [5, 5.41) is 0. The Hall–Kier alpha value is -1.88. The third kappa shape index (κ3) is 2.80.